The van der Waals surface area contributed by atoms with Crippen LogP contribution in [0, 0.1) is 8.48 Å². The summed E-state index contributed by atoms with van der Waals surface area (Å²) < 4.78 is 0.715. The number of carbonyl (C=O) groups is 1. The van der Waals surface area contributed by atoms with Crippen molar-refractivity contribution in [3.63, 3.8) is 0 Å². The minimum absolute atomic E-state index is 0.212. The molecule has 0 unspecified atom stereocenters. The lowest BCUT2D eigenvalue weighted by Crippen LogP contribution is -2.12. The van der Waals surface area contributed by atoms with Crippen LogP contribution in [-0.2, 0) is 0 Å². The minimum atomic E-state index is -0.551. The molecule has 0 atom stereocenters. The lowest BCUT2D eigenvalue weighted by molar-refractivity contribution is 0.0999. The number of rotatable bonds is 2. The maximum atomic E-state index is 10.8. The van der Waals surface area contributed by atoms with Crippen LogP contribution in [0.4, 0.5) is 5.69 Å². The van der Waals surface area contributed by atoms with Crippen LogP contribution in [0.2, 0.25) is 0 Å². The zero-order chi connectivity index (χ0) is 9.14. The molecule has 0 saturated carbocycles. The smallest absolute Gasteiger partial charge is 0.249 e. The normalized spacial score (nSPS) is 9.42. The van der Waals surface area contributed by atoms with Crippen LogP contribution in [0.3, 0.4) is 0 Å². The van der Waals surface area contributed by atoms with Crippen molar-refractivity contribution in [2.24, 2.45) is 10.9 Å². The number of benzene rings is 1. The van der Waals surface area contributed by atoms with Crippen molar-refractivity contribution in [3.05, 3.63) is 32.2 Å². The molecule has 0 fully saturated rings. The van der Waals surface area contributed by atoms with Gasteiger partial charge in [-0.2, -0.15) is 0 Å². The predicted molar refractivity (Wildman–Crippen MR) is 53.1 cm³/mol. The topological polar surface area (TPSA) is 72.5 Å². The van der Waals surface area contributed by atoms with E-state index in [4.69, 9.17) is 5.73 Å². The average Bonchev–Trinajstić information content (AvgIpc) is 2.05. The Kier molecular flexibility index (Phi) is 2.74. The van der Waals surface area contributed by atoms with E-state index in [9.17, 15) is 9.70 Å². The van der Waals surface area contributed by atoms with Gasteiger partial charge in [0.15, 0.2) is 0 Å². The van der Waals surface area contributed by atoms with E-state index in [-0.39, 0.29) is 5.69 Å². The van der Waals surface area contributed by atoms with E-state index in [1.807, 2.05) is 22.6 Å². The van der Waals surface area contributed by atoms with E-state index in [0.29, 0.717) is 9.13 Å². The number of halogens is 1. The monoisotopic (exact) mass is 276 g/mol. The Morgan fingerprint density at radius 3 is 2.67 bits per heavy atom. The molecule has 0 radical (unpaired) electrons. The van der Waals surface area contributed by atoms with Crippen molar-refractivity contribution in [2.75, 3.05) is 0 Å². The summed E-state index contributed by atoms with van der Waals surface area (Å²) >= 11 is 1.96. The van der Waals surface area contributed by atoms with Crippen molar-refractivity contribution in [1.29, 1.82) is 0 Å². The summed E-state index contributed by atoms with van der Waals surface area (Å²) in [6.07, 6.45) is 0. The Morgan fingerprint density at radius 2 is 2.17 bits per heavy atom. The quantitative estimate of drug-likeness (QED) is 0.660. The second kappa shape index (κ2) is 3.61. The Balaban J connectivity index is 3.25. The van der Waals surface area contributed by atoms with Gasteiger partial charge in [-0.15, -0.1) is 4.91 Å². The Hall–Kier alpha value is -0.980. The van der Waals surface area contributed by atoms with Gasteiger partial charge >= 0.3 is 0 Å². The highest BCUT2D eigenvalue weighted by Gasteiger charge is 2.06. The lowest BCUT2D eigenvalue weighted by atomic mass is 10.2. The molecule has 62 valence electrons. The number of primary amides is 1. The fourth-order valence-electron chi connectivity index (χ4n) is 0.759. The van der Waals surface area contributed by atoms with Crippen molar-refractivity contribution in [3.8, 4) is 0 Å². The predicted octanol–water partition coefficient (Wildman–Crippen LogP) is 1.79. The van der Waals surface area contributed by atoms with E-state index >= 15 is 0 Å². The first kappa shape index (κ1) is 9.11. The second-order valence-electron chi connectivity index (χ2n) is 2.12. The summed E-state index contributed by atoms with van der Waals surface area (Å²) in [5, 5.41) is 2.69. The molecule has 12 heavy (non-hydrogen) atoms. The number of nitroso groups, excluding NO2 is 1. The fraction of sp³-hybridized carbons (Fsp3) is 0. The molecule has 1 aromatic carbocycles. The van der Waals surface area contributed by atoms with Gasteiger partial charge in [0, 0.05) is 3.57 Å². The maximum absolute atomic E-state index is 10.8. The third-order valence-corrected chi connectivity index (χ3v) is 2.26. The first-order valence-electron chi connectivity index (χ1n) is 3.08. The number of amides is 1. The fourth-order valence-corrected chi connectivity index (χ4v) is 1.36. The third kappa shape index (κ3) is 1.79. The van der Waals surface area contributed by atoms with Gasteiger partial charge in [0.2, 0.25) is 5.91 Å². The van der Waals surface area contributed by atoms with Gasteiger partial charge in [0.05, 0.1) is 5.56 Å². The van der Waals surface area contributed by atoms with Gasteiger partial charge in [-0.25, -0.2) is 0 Å². The highest BCUT2D eigenvalue weighted by atomic mass is 127. The number of hydrogen-bond acceptors (Lipinski definition) is 3. The summed E-state index contributed by atoms with van der Waals surface area (Å²) in [4.78, 5) is 20.9. The van der Waals surface area contributed by atoms with Gasteiger partial charge in [-0.05, 0) is 46.0 Å². The zero-order valence-electron chi connectivity index (χ0n) is 5.95. The lowest BCUT2D eigenvalue weighted by Gasteiger charge is -1.98. The molecule has 1 rings (SSSR count). The second-order valence-corrected chi connectivity index (χ2v) is 3.28. The molecule has 2 N–H and O–H groups in total. The maximum Gasteiger partial charge on any atom is 0.249 e. The highest BCUT2D eigenvalue weighted by Crippen LogP contribution is 2.18. The van der Waals surface area contributed by atoms with Gasteiger partial charge in [-0.1, -0.05) is 0 Å². The van der Waals surface area contributed by atoms with Gasteiger partial charge in [0.25, 0.3) is 0 Å². The average molecular weight is 276 g/mol. The number of nitrogens with zero attached hydrogens (tertiary/aromatic N) is 1. The SMILES string of the molecule is NC(=O)c1cc(N=O)ccc1I. The molecule has 0 saturated heterocycles. The van der Waals surface area contributed by atoms with Crippen LogP contribution >= 0.6 is 22.6 Å². The van der Waals surface area contributed by atoms with Crippen LogP contribution in [-0.4, -0.2) is 5.91 Å². The molecule has 5 heteroatoms. The largest absolute Gasteiger partial charge is 0.366 e. The summed E-state index contributed by atoms with van der Waals surface area (Å²) in [5.74, 6) is -0.551. The van der Waals surface area contributed by atoms with Crippen LogP contribution in [0.5, 0.6) is 0 Å². The molecule has 4 nitrogen and oxygen atoms in total. The van der Waals surface area contributed by atoms with E-state index < -0.39 is 5.91 Å². The number of hydrogen-bond donors (Lipinski definition) is 1. The van der Waals surface area contributed by atoms with E-state index in [2.05, 4.69) is 5.18 Å². The Labute approximate surface area is 82.3 Å². The molecule has 1 amide bonds. The summed E-state index contributed by atoms with van der Waals surface area (Å²) in [6.45, 7) is 0. The van der Waals surface area contributed by atoms with E-state index in [1.54, 1.807) is 6.07 Å². The van der Waals surface area contributed by atoms with Gasteiger partial charge in [0.1, 0.15) is 5.69 Å². The molecule has 0 aliphatic carbocycles. The van der Waals surface area contributed by atoms with Crippen LogP contribution in [0.15, 0.2) is 23.4 Å². The first-order chi connectivity index (χ1) is 5.65. The minimum Gasteiger partial charge on any atom is -0.366 e. The van der Waals surface area contributed by atoms with E-state index in [0.717, 1.165) is 0 Å². The van der Waals surface area contributed by atoms with Crippen molar-refractivity contribution < 1.29 is 4.79 Å². The Bertz CT molecular complexity index is 338. The number of nitrogens with two attached hydrogens (primary N) is 1. The van der Waals surface area contributed by atoms with E-state index in [1.165, 1.54) is 12.1 Å². The zero-order valence-corrected chi connectivity index (χ0v) is 8.11. The molecule has 0 spiro atoms. The molecule has 0 aliphatic heterocycles. The third-order valence-electron chi connectivity index (χ3n) is 1.32. The van der Waals surface area contributed by atoms with Crippen LogP contribution in [0.25, 0.3) is 0 Å². The van der Waals surface area contributed by atoms with Crippen LogP contribution in [0.1, 0.15) is 10.4 Å². The molecule has 0 bridgehead atoms. The van der Waals surface area contributed by atoms with Crippen molar-refractivity contribution >= 4 is 34.2 Å². The standard InChI is InChI=1S/C7H5IN2O2/c8-6-2-1-4(10-12)3-5(6)7(9)11/h1-3H,(H2,9,11). The first-order valence-corrected chi connectivity index (χ1v) is 4.15. The molecule has 0 aromatic heterocycles. The highest BCUT2D eigenvalue weighted by molar-refractivity contribution is 14.1. The molecule has 0 heterocycles. The Morgan fingerprint density at radius 1 is 1.50 bits per heavy atom. The molecular weight excluding hydrogens is 271 g/mol. The summed E-state index contributed by atoms with van der Waals surface area (Å²) in [5.41, 5.74) is 5.59. The number of carbonyl (C=O) groups excluding carboxylic acids is 1. The van der Waals surface area contributed by atoms with Gasteiger partial charge < -0.3 is 5.73 Å². The van der Waals surface area contributed by atoms with Crippen LogP contribution < -0.4 is 5.73 Å². The summed E-state index contributed by atoms with van der Waals surface area (Å²) in [7, 11) is 0. The van der Waals surface area contributed by atoms with Gasteiger partial charge in [-0.3, -0.25) is 4.79 Å². The molecule has 1 aromatic rings. The molecule has 0 aliphatic rings. The van der Waals surface area contributed by atoms with Crippen molar-refractivity contribution in [1.82, 2.24) is 0 Å². The van der Waals surface area contributed by atoms with Crippen molar-refractivity contribution in [2.45, 2.75) is 0 Å². The molecular formula is C7H5IN2O2. The summed E-state index contributed by atoms with van der Waals surface area (Å²) in [6, 6.07) is 4.52.